The summed E-state index contributed by atoms with van der Waals surface area (Å²) in [5, 5.41) is 11.1. The summed E-state index contributed by atoms with van der Waals surface area (Å²) in [5.41, 5.74) is -0.166. The summed E-state index contributed by atoms with van der Waals surface area (Å²) >= 11 is 5.91. The molecule has 0 saturated heterocycles. The molecule has 0 amide bonds. The van der Waals surface area contributed by atoms with Crippen molar-refractivity contribution >= 4 is 23.1 Å². The normalized spacial score (nSPS) is 19.6. The zero-order valence-corrected chi connectivity index (χ0v) is 10.4. The van der Waals surface area contributed by atoms with Gasteiger partial charge in [-0.1, -0.05) is 17.7 Å². The van der Waals surface area contributed by atoms with E-state index >= 15 is 0 Å². The van der Waals surface area contributed by atoms with Gasteiger partial charge in [0.1, 0.15) is 11.9 Å². The van der Waals surface area contributed by atoms with Gasteiger partial charge in [0.2, 0.25) is 5.75 Å². The van der Waals surface area contributed by atoms with Gasteiger partial charge < -0.3 is 4.74 Å². The van der Waals surface area contributed by atoms with Crippen LogP contribution in [0.2, 0.25) is 5.02 Å². The first-order valence-electron chi connectivity index (χ1n) is 5.69. The minimum Gasteiger partial charge on any atom is -0.482 e. The fourth-order valence-corrected chi connectivity index (χ4v) is 2.22. The Morgan fingerprint density at radius 3 is 2.89 bits per heavy atom. The second-order valence-electron chi connectivity index (χ2n) is 4.22. The van der Waals surface area contributed by atoms with Gasteiger partial charge in [-0.3, -0.25) is 14.9 Å². The number of para-hydroxylation sites is 1. The van der Waals surface area contributed by atoms with E-state index in [2.05, 4.69) is 0 Å². The molecule has 0 aliphatic heterocycles. The molecule has 6 heteroatoms. The second kappa shape index (κ2) is 5.35. The second-order valence-corrected chi connectivity index (χ2v) is 4.63. The SMILES string of the molecule is O=C1CCCC(Oc2c(Cl)cccc2[N+](=O)[O-])C1. The minimum atomic E-state index is -0.536. The summed E-state index contributed by atoms with van der Waals surface area (Å²) in [4.78, 5) is 21.7. The van der Waals surface area contributed by atoms with Crippen molar-refractivity contribution < 1.29 is 14.5 Å². The fraction of sp³-hybridized carbons (Fsp3) is 0.417. The van der Waals surface area contributed by atoms with Gasteiger partial charge >= 0.3 is 5.69 Å². The molecule has 1 aliphatic carbocycles. The molecule has 1 aromatic rings. The van der Waals surface area contributed by atoms with Crippen LogP contribution in [-0.4, -0.2) is 16.8 Å². The number of nitrogens with zero attached hydrogens (tertiary/aromatic N) is 1. The van der Waals surface area contributed by atoms with Crippen molar-refractivity contribution in [3.63, 3.8) is 0 Å². The van der Waals surface area contributed by atoms with E-state index in [1.807, 2.05) is 0 Å². The molecule has 0 N–H and O–H groups in total. The van der Waals surface area contributed by atoms with Crippen LogP contribution in [0.1, 0.15) is 25.7 Å². The number of hydrogen-bond acceptors (Lipinski definition) is 4. The average molecular weight is 270 g/mol. The molecule has 0 aromatic heterocycles. The number of ether oxygens (including phenoxy) is 1. The summed E-state index contributed by atoms with van der Waals surface area (Å²) in [6.07, 6.45) is 2.01. The van der Waals surface area contributed by atoms with Gasteiger partial charge in [0.15, 0.2) is 0 Å². The number of Topliss-reactive ketones (excluding diaryl/α,β-unsaturated/α-hetero) is 1. The van der Waals surface area contributed by atoms with Crippen LogP contribution < -0.4 is 4.74 Å². The predicted molar refractivity (Wildman–Crippen MR) is 66.0 cm³/mol. The first-order valence-corrected chi connectivity index (χ1v) is 6.07. The highest BCUT2D eigenvalue weighted by atomic mass is 35.5. The molecule has 0 bridgehead atoms. The Morgan fingerprint density at radius 2 is 2.22 bits per heavy atom. The average Bonchev–Trinajstić information content (AvgIpc) is 2.31. The van der Waals surface area contributed by atoms with Gasteiger partial charge in [-0.25, -0.2) is 0 Å². The molecule has 18 heavy (non-hydrogen) atoms. The Morgan fingerprint density at radius 1 is 1.44 bits per heavy atom. The van der Waals surface area contributed by atoms with Crippen LogP contribution in [0.5, 0.6) is 5.75 Å². The first-order chi connectivity index (χ1) is 8.58. The van der Waals surface area contributed by atoms with Crippen LogP contribution in [0.4, 0.5) is 5.69 Å². The van der Waals surface area contributed by atoms with Crippen molar-refractivity contribution in [2.75, 3.05) is 0 Å². The number of nitro groups is 1. The number of hydrogen-bond donors (Lipinski definition) is 0. The predicted octanol–water partition coefficient (Wildman–Crippen LogP) is 3.14. The molecule has 1 unspecified atom stereocenters. The molecule has 2 rings (SSSR count). The van der Waals surface area contributed by atoms with E-state index in [-0.39, 0.29) is 28.3 Å². The summed E-state index contributed by atoms with van der Waals surface area (Å²) in [6, 6.07) is 4.37. The first kappa shape index (κ1) is 12.8. The lowest BCUT2D eigenvalue weighted by Crippen LogP contribution is -2.25. The highest BCUT2D eigenvalue weighted by Crippen LogP contribution is 2.36. The van der Waals surface area contributed by atoms with Crippen molar-refractivity contribution in [1.29, 1.82) is 0 Å². The zero-order valence-electron chi connectivity index (χ0n) is 9.60. The monoisotopic (exact) mass is 269 g/mol. The van der Waals surface area contributed by atoms with Crippen molar-refractivity contribution in [3.05, 3.63) is 33.3 Å². The lowest BCUT2D eigenvalue weighted by molar-refractivity contribution is -0.386. The Labute approximate surface area is 109 Å². The maximum atomic E-state index is 11.3. The van der Waals surface area contributed by atoms with E-state index in [1.165, 1.54) is 18.2 Å². The Balaban J connectivity index is 2.22. The van der Waals surface area contributed by atoms with Gasteiger partial charge in [0.05, 0.1) is 9.95 Å². The molecule has 1 aliphatic rings. The molecule has 1 atom stereocenters. The maximum Gasteiger partial charge on any atom is 0.312 e. The van der Waals surface area contributed by atoms with Gasteiger partial charge in [0.25, 0.3) is 0 Å². The number of carbonyl (C=O) groups is 1. The van der Waals surface area contributed by atoms with Gasteiger partial charge in [0, 0.05) is 18.9 Å². The quantitative estimate of drug-likeness (QED) is 0.624. The van der Waals surface area contributed by atoms with Gasteiger partial charge in [-0.15, -0.1) is 0 Å². The van der Waals surface area contributed by atoms with Crippen LogP contribution in [0.3, 0.4) is 0 Å². The van der Waals surface area contributed by atoms with Crippen LogP contribution in [0.25, 0.3) is 0 Å². The summed E-state index contributed by atoms with van der Waals surface area (Å²) in [7, 11) is 0. The molecule has 1 fully saturated rings. The third kappa shape index (κ3) is 2.79. The lowest BCUT2D eigenvalue weighted by Gasteiger charge is -2.22. The molecule has 1 saturated carbocycles. The van der Waals surface area contributed by atoms with E-state index in [1.54, 1.807) is 0 Å². The topological polar surface area (TPSA) is 69.4 Å². The third-order valence-electron chi connectivity index (χ3n) is 2.86. The van der Waals surface area contributed by atoms with Crippen molar-refractivity contribution in [2.24, 2.45) is 0 Å². The van der Waals surface area contributed by atoms with Gasteiger partial charge in [-0.2, -0.15) is 0 Å². The van der Waals surface area contributed by atoms with Crippen molar-refractivity contribution in [2.45, 2.75) is 31.8 Å². The van der Waals surface area contributed by atoms with E-state index in [4.69, 9.17) is 16.3 Å². The highest BCUT2D eigenvalue weighted by Gasteiger charge is 2.25. The summed E-state index contributed by atoms with van der Waals surface area (Å²) < 4.78 is 5.55. The number of halogens is 1. The van der Waals surface area contributed by atoms with E-state index in [0.29, 0.717) is 19.3 Å². The molecule has 5 nitrogen and oxygen atoms in total. The Hall–Kier alpha value is -1.62. The van der Waals surface area contributed by atoms with Gasteiger partial charge in [-0.05, 0) is 18.9 Å². The molecule has 0 heterocycles. The Kier molecular flexibility index (Phi) is 3.81. The summed E-state index contributed by atoms with van der Waals surface area (Å²) in [6.45, 7) is 0. The number of nitro benzene ring substituents is 1. The largest absolute Gasteiger partial charge is 0.482 e. The number of carbonyl (C=O) groups excluding carboxylic acids is 1. The fourth-order valence-electron chi connectivity index (χ4n) is 2.01. The number of rotatable bonds is 3. The molecule has 96 valence electrons. The third-order valence-corrected chi connectivity index (χ3v) is 3.16. The van der Waals surface area contributed by atoms with Crippen molar-refractivity contribution in [3.8, 4) is 5.75 Å². The molecular formula is C12H12ClNO4. The van der Waals surface area contributed by atoms with Crippen LogP contribution >= 0.6 is 11.6 Å². The van der Waals surface area contributed by atoms with Crippen molar-refractivity contribution in [1.82, 2.24) is 0 Å². The number of benzene rings is 1. The Bertz CT molecular complexity index is 489. The molecule has 1 aromatic carbocycles. The number of ketones is 1. The molecule has 0 spiro atoms. The van der Waals surface area contributed by atoms with E-state index < -0.39 is 4.92 Å². The molecule has 0 radical (unpaired) electrons. The maximum absolute atomic E-state index is 11.3. The van der Waals surface area contributed by atoms with Crippen LogP contribution in [-0.2, 0) is 4.79 Å². The van der Waals surface area contributed by atoms with Crippen LogP contribution in [0, 0.1) is 10.1 Å². The summed E-state index contributed by atoms with van der Waals surface area (Å²) in [5.74, 6) is 0.185. The zero-order chi connectivity index (χ0) is 13.1. The van der Waals surface area contributed by atoms with Crippen LogP contribution in [0.15, 0.2) is 18.2 Å². The molecular weight excluding hydrogens is 258 g/mol. The van der Waals surface area contributed by atoms with E-state index in [0.717, 1.165) is 6.42 Å². The smallest absolute Gasteiger partial charge is 0.312 e. The highest BCUT2D eigenvalue weighted by molar-refractivity contribution is 6.32. The van der Waals surface area contributed by atoms with E-state index in [9.17, 15) is 14.9 Å². The standard InChI is InChI=1S/C12H12ClNO4/c13-10-5-2-6-11(14(16)17)12(10)18-9-4-1-3-8(15)7-9/h2,5-6,9H,1,3-4,7H2. The minimum absolute atomic E-state index is 0.0591. The lowest BCUT2D eigenvalue weighted by atomic mass is 9.96.